The zero-order valence-electron chi connectivity index (χ0n) is 22.3. The van der Waals surface area contributed by atoms with E-state index in [1.807, 2.05) is 45.0 Å². The monoisotopic (exact) mass is 529 g/mol. The Hall–Kier alpha value is -3.07. The van der Waals surface area contributed by atoms with Gasteiger partial charge in [0.1, 0.15) is 18.3 Å². The number of rotatable bonds is 12. The number of hydrogen-bond acceptors (Lipinski definition) is 5. The quantitative estimate of drug-likeness (QED) is 0.448. The summed E-state index contributed by atoms with van der Waals surface area (Å²) in [5.41, 5.74) is 2.21. The molecule has 2 aromatic rings. The van der Waals surface area contributed by atoms with Crippen LogP contribution < -0.4 is 14.4 Å². The van der Waals surface area contributed by atoms with Gasteiger partial charge in [-0.25, -0.2) is 8.42 Å². The summed E-state index contributed by atoms with van der Waals surface area (Å²) in [4.78, 5) is 28.8. The van der Waals surface area contributed by atoms with Gasteiger partial charge in [0.05, 0.1) is 18.6 Å². The predicted octanol–water partition coefficient (Wildman–Crippen LogP) is 4.03. The average Bonchev–Trinajstić information content (AvgIpc) is 3.35. The van der Waals surface area contributed by atoms with Crippen LogP contribution in [-0.2, 0) is 26.2 Å². The molecular formula is C28H39N3O5S. The highest BCUT2D eigenvalue weighted by Gasteiger charge is 2.33. The molecule has 0 spiro atoms. The van der Waals surface area contributed by atoms with Crippen molar-refractivity contribution in [3.8, 4) is 5.75 Å². The van der Waals surface area contributed by atoms with E-state index < -0.39 is 28.5 Å². The smallest absolute Gasteiger partial charge is 0.244 e. The van der Waals surface area contributed by atoms with Crippen LogP contribution >= 0.6 is 0 Å². The maximum atomic E-state index is 13.9. The zero-order valence-corrected chi connectivity index (χ0v) is 23.1. The maximum absolute atomic E-state index is 13.9. The number of para-hydroxylation sites is 2. The van der Waals surface area contributed by atoms with E-state index in [9.17, 15) is 18.0 Å². The lowest BCUT2D eigenvalue weighted by Gasteiger charge is -2.33. The summed E-state index contributed by atoms with van der Waals surface area (Å²) in [6.07, 6.45) is 5.50. The molecule has 0 aliphatic heterocycles. The lowest BCUT2D eigenvalue weighted by atomic mass is 10.1. The van der Waals surface area contributed by atoms with Crippen molar-refractivity contribution in [3.05, 3.63) is 59.7 Å². The molecule has 1 saturated carbocycles. The van der Waals surface area contributed by atoms with Gasteiger partial charge in [0, 0.05) is 12.6 Å². The number of amides is 2. The SMILES string of the molecule is CCOc1ccccc1N(CC(=O)N(Cc1cccc(C)c1)C(CC)C(=O)NC1CCCC1)S(C)(=O)=O. The normalized spacial score (nSPS) is 14.7. The molecule has 0 aromatic heterocycles. The van der Waals surface area contributed by atoms with Crippen LogP contribution in [0.3, 0.4) is 0 Å². The van der Waals surface area contributed by atoms with E-state index in [1.54, 1.807) is 24.3 Å². The zero-order chi connectivity index (χ0) is 27.0. The van der Waals surface area contributed by atoms with Crippen LogP contribution in [0.25, 0.3) is 0 Å². The molecule has 3 rings (SSSR count). The number of nitrogens with one attached hydrogen (secondary N) is 1. The van der Waals surface area contributed by atoms with Crippen LogP contribution in [0, 0.1) is 6.92 Å². The van der Waals surface area contributed by atoms with E-state index in [4.69, 9.17) is 4.74 Å². The summed E-state index contributed by atoms with van der Waals surface area (Å²) in [5, 5.41) is 3.12. The van der Waals surface area contributed by atoms with Crippen molar-refractivity contribution in [2.75, 3.05) is 23.7 Å². The molecule has 0 heterocycles. The van der Waals surface area contributed by atoms with E-state index >= 15 is 0 Å². The number of carbonyl (C=O) groups is 2. The largest absolute Gasteiger partial charge is 0.492 e. The van der Waals surface area contributed by atoms with Crippen LogP contribution in [0.4, 0.5) is 5.69 Å². The highest BCUT2D eigenvalue weighted by Crippen LogP contribution is 2.30. The number of hydrogen-bond donors (Lipinski definition) is 1. The second-order valence-corrected chi connectivity index (χ2v) is 11.5. The molecule has 1 atom stereocenters. The van der Waals surface area contributed by atoms with Crippen molar-refractivity contribution in [2.24, 2.45) is 0 Å². The Labute approximate surface area is 221 Å². The molecular weight excluding hydrogens is 490 g/mol. The van der Waals surface area contributed by atoms with E-state index in [2.05, 4.69) is 5.32 Å². The molecule has 1 N–H and O–H groups in total. The molecule has 8 nitrogen and oxygen atoms in total. The number of aryl methyl sites for hydroxylation is 1. The van der Waals surface area contributed by atoms with Crippen molar-refractivity contribution >= 4 is 27.5 Å². The highest BCUT2D eigenvalue weighted by molar-refractivity contribution is 7.92. The number of nitrogens with zero attached hydrogens (tertiary/aromatic N) is 2. The third kappa shape index (κ3) is 7.71. The minimum Gasteiger partial charge on any atom is -0.492 e. The summed E-state index contributed by atoms with van der Waals surface area (Å²) in [6.45, 7) is 5.75. The van der Waals surface area contributed by atoms with Gasteiger partial charge in [-0.2, -0.15) is 0 Å². The molecule has 2 aromatic carbocycles. The Balaban J connectivity index is 1.95. The van der Waals surface area contributed by atoms with Crippen LogP contribution in [0.5, 0.6) is 5.75 Å². The van der Waals surface area contributed by atoms with Crippen LogP contribution in [0.2, 0.25) is 0 Å². The van der Waals surface area contributed by atoms with Crippen molar-refractivity contribution < 1.29 is 22.7 Å². The first-order valence-electron chi connectivity index (χ1n) is 13.0. The topological polar surface area (TPSA) is 96.0 Å². The highest BCUT2D eigenvalue weighted by atomic mass is 32.2. The summed E-state index contributed by atoms with van der Waals surface area (Å²) in [7, 11) is -3.83. The average molecular weight is 530 g/mol. The van der Waals surface area contributed by atoms with Crippen molar-refractivity contribution in [1.29, 1.82) is 0 Å². The first kappa shape index (κ1) is 28.5. The summed E-state index contributed by atoms with van der Waals surface area (Å²) < 4.78 is 32.5. The number of anilines is 1. The Morgan fingerprint density at radius 1 is 1.08 bits per heavy atom. The minimum absolute atomic E-state index is 0.114. The van der Waals surface area contributed by atoms with Gasteiger partial charge in [0.15, 0.2) is 0 Å². The van der Waals surface area contributed by atoms with Gasteiger partial charge in [-0.05, 0) is 50.8 Å². The first-order chi connectivity index (χ1) is 17.6. The molecule has 1 fully saturated rings. The third-order valence-electron chi connectivity index (χ3n) is 6.64. The molecule has 37 heavy (non-hydrogen) atoms. The summed E-state index contributed by atoms with van der Waals surface area (Å²) in [5.74, 6) is -0.276. The first-order valence-corrected chi connectivity index (χ1v) is 14.8. The van der Waals surface area contributed by atoms with Gasteiger partial charge < -0.3 is 15.0 Å². The van der Waals surface area contributed by atoms with Crippen LogP contribution in [0.15, 0.2) is 48.5 Å². The molecule has 1 aliphatic carbocycles. The van der Waals surface area contributed by atoms with E-state index in [-0.39, 0.29) is 18.5 Å². The second-order valence-electron chi connectivity index (χ2n) is 9.60. The Morgan fingerprint density at radius 2 is 1.78 bits per heavy atom. The predicted molar refractivity (Wildman–Crippen MR) is 146 cm³/mol. The molecule has 0 saturated heterocycles. The van der Waals surface area contributed by atoms with Gasteiger partial charge in [-0.3, -0.25) is 13.9 Å². The van der Waals surface area contributed by atoms with Crippen molar-refractivity contribution in [2.45, 2.75) is 71.5 Å². The van der Waals surface area contributed by atoms with Crippen molar-refractivity contribution in [3.63, 3.8) is 0 Å². The fraction of sp³-hybridized carbons (Fsp3) is 0.500. The van der Waals surface area contributed by atoms with Crippen molar-refractivity contribution in [1.82, 2.24) is 10.2 Å². The lowest BCUT2D eigenvalue weighted by Crippen LogP contribution is -2.53. The van der Waals surface area contributed by atoms with Gasteiger partial charge >= 0.3 is 0 Å². The fourth-order valence-corrected chi connectivity index (χ4v) is 5.68. The van der Waals surface area contributed by atoms with Gasteiger partial charge in [0.2, 0.25) is 21.8 Å². The van der Waals surface area contributed by atoms with Gasteiger partial charge in [-0.1, -0.05) is 61.7 Å². The van der Waals surface area contributed by atoms with Crippen LogP contribution in [0.1, 0.15) is 57.1 Å². The molecule has 9 heteroatoms. The standard InChI is InChI=1S/C28H39N3O5S/c1-5-24(28(33)29-23-14-7-8-15-23)30(19-22-13-11-12-21(3)18-22)27(32)20-31(37(4,34)35)25-16-9-10-17-26(25)36-6-2/h9-13,16-18,23-24H,5-8,14-15,19-20H2,1-4H3,(H,29,33). The number of ether oxygens (including phenoxy) is 1. The summed E-state index contributed by atoms with van der Waals surface area (Å²) >= 11 is 0. The Kier molecular flexibility index (Phi) is 9.97. The number of sulfonamides is 1. The van der Waals surface area contributed by atoms with E-state index in [0.717, 1.165) is 47.4 Å². The van der Waals surface area contributed by atoms with E-state index in [0.29, 0.717) is 24.5 Å². The summed E-state index contributed by atoms with van der Waals surface area (Å²) in [6, 6.07) is 13.9. The van der Waals surface area contributed by atoms with E-state index in [1.165, 1.54) is 4.90 Å². The van der Waals surface area contributed by atoms with Gasteiger partial charge in [0.25, 0.3) is 0 Å². The van der Waals surface area contributed by atoms with Gasteiger partial charge in [-0.15, -0.1) is 0 Å². The molecule has 0 radical (unpaired) electrons. The molecule has 2 amide bonds. The third-order valence-corrected chi connectivity index (χ3v) is 7.76. The molecule has 1 unspecified atom stereocenters. The molecule has 202 valence electrons. The molecule has 0 bridgehead atoms. The Bertz CT molecular complexity index is 1180. The molecule has 1 aliphatic rings. The fourth-order valence-electron chi connectivity index (χ4n) is 4.83. The second kappa shape index (κ2) is 12.9. The number of carbonyl (C=O) groups excluding carboxylic acids is 2. The minimum atomic E-state index is -3.83. The number of benzene rings is 2. The lowest BCUT2D eigenvalue weighted by molar-refractivity contribution is -0.140. The van der Waals surface area contributed by atoms with Crippen LogP contribution in [-0.4, -0.2) is 56.6 Å². The Morgan fingerprint density at radius 3 is 2.41 bits per heavy atom. The maximum Gasteiger partial charge on any atom is 0.244 e.